The number of benzene rings is 1. The number of carbonyl (C=O) groups excluding carboxylic acids is 1. The lowest BCUT2D eigenvalue weighted by Gasteiger charge is -2.31. The summed E-state index contributed by atoms with van der Waals surface area (Å²) in [5, 5.41) is 8.96. The first-order chi connectivity index (χ1) is 11.3. The van der Waals surface area contributed by atoms with Crippen molar-refractivity contribution in [2.75, 3.05) is 19.7 Å². The van der Waals surface area contributed by atoms with E-state index in [0.717, 1.165) is 6.07 Å². The number of halogens is 3. The highest BCUT2D eigenvalue weighted by Gasteiger charge is 2.49. The number of alkyl halides is 3. The van der Waals surface area contributed by atoms with Crippen LogP contribution in [0.4, 0.5) is 13.2 Å². The molecular weight excluding hydrogens is 327 g/mol. The average Bonchev–Trinajstić information content (AvgIpc) is 3.34. The van der Waals surface area contributed by atoms with Gasteiger partial charge in [-0.1, -0.05) is 18.2 Å². The smallest absolute Gasteiger partial charge is 0.416 e. The summed E-state index contributed by atoms with van der Waals surface area (Å²) in [6.45, 7) is 0.296. The number of carbonyl (C=O) groups is 2. The fraction of sp³-hybridized carbons (Fsp3) is 0.500. The lowest BCUT2D eigenvalue weighted by atomic mass is 10.0. The van der Waals surface area contributed by atoms with Crippen LogP contribution in [0.25, 0.3) is 0 Å². The molecule has 0 spiro atoms. The summed E-state index contributed by atoms with van der Waals surface area (Å²) in [6, 6.07) is 5.27. The van der Waals surface area contributed by atoms with Gasteiger partial charge in [-0.05, 0) is 24.0 Å². The van der Waals surface area contributed by atoms with Gasteiger partial charge in [-0.25, -0.2) is 4.79 Å². The summed E-state index contributed by atoms with van der Waals surface area (Å²) in [5.41, 5.74) is -0.581. The van der Waals surface area contributed by atoms with E-state index in [1.807, 2.05) is 0 Å². The SMILES string of the molecule is O=C(O)[C@@H]1CN(C(=O)[C@@H]2C[C@@H]2c2ccccc2C(F)(F)F)CCO1. The van der Waals surface area contributed by atoms with E-state index in [-0.39, 0.29) is 31.2 Å². The van der Waals surface area contributed by atoms with Crippen LogP contribution in [-0.2, 0) is 20.5 Å². The van der Waals surface area contributed by atoms with Gasteiger partial charge in [-0.3, -0.25) is 4.79 Å². The molecule has 0 radical (unpaired) electrons. The molecule has 1 amide bonds. The van der Waals surface area contributed by atoms with E-state index in [2.05, 4.69) is 0 Å². The molecule has 1 aromatic carbocycles. The number of morpholine rings is 1. The monoisotopic (exact) mass is 343 g/mol. The van der Waals surface area contributed by atoms with Gasteiger partial charge in [0.15, 0.2) is 6.10 Å². The molecule has 130 valence electrons. The van der Waals surface area contributed by atoms with E-state index >= 15 is 0 Å². The molecule has 1 aliphatic heterocycles. The van der Waals surface area contributed by atoms with Crippen LogP contribution >= 0.6 is 0 Å². The van der Waals surface area contributed by atoms with Gasteiger partial charge in [0.2, 0.25) is 5.91 Å². The van der Waals surface area contributed by atoms with E-state index in [9.17, 15) is 22.8 Å². The molecule has 1 saturated heterocycles. The summed E-state index contributed by atoms with van der Waals surface area (Å²) in [4.78, 5) is 24.8. The molecular formula is C16H16F3NO4. The first kappa shape index (κ1) is 16.8. The minimum atomic E-state index is -4.46. The summed E-state index contributed by atoms with van der Waals surface area (Å²) >= 11 is 0. The van der Waals surface area contributed by atoms with Crippen molar-refractivity contribution in [3.63, 3.8) is 0 Å². The molecule has 0 unspecified atom stereocenters. The Hall–Kier alpha value is -2.09. The first-order valence-electron chi connectivity index (χ1n) is 7.58. The van der Waals surface area contributed by atoms with Crippen molar-refractivity contribution in [1.29, 1.82) is 0 Å². The summed E-state index contributed by atoms with van der Waals surface area (Å²) in [6.07, 6.45) is -5.19. The largest absolute Gasteiger partial charge is 0.479 e. The van der Waals surface area contributed by atoms with Gasteiger partial charge in [-0.15, -0.1) is 0 Å². The number of carboxylic acids is 1. The third-order valence-corrected chi connectivity index (χ3v) is 4.43. The molecule has 1 aliphatic carbocycles. The van der Waals surface area contributed by atoms with Gasteiger partial charge in [-0.2, -0.15) is 13.2 Å². The van der Waals surface area contributed by atoms with Gasteiger partial charge in [0, 0.05) is 12.5 Å². The Bertz CT molecular complexity index is 661. The predicted octanol–water partition coefficient (Wildman–Crippen LogP) is 2.12. The quantitative estimate of drug-likeness (QED) is 0.913. The van der Waals surface area contributed by atoms with E-state index < -0.39 is 35.6 Å². The van der Waals surface area contributed by atoms with E-state index in [0.29, 0.717) is 6.42 Å². The predicted molar refractivity (Wildman–Crippen MR) is 76.2 cm³/mol. The molecule has 0 bridgehead atoms. The fourth-order valence-corrected chi connectivity index (χ4v) is 3.12. The fourth-order valence-electron chi connectivity index (χ4n) is 3.12. The van der Waals surface area contributed by atoms with Crippen molar-refractivity contribution in [2.45, 2.75) is 24.6 Å². The van der Waals surface area contributed by atoms with Gasteiger partial charge in [0.25, 0.3) is 0 Å². The molecule has 1 N–H and O–H groups in total. The number of aliphatic carboxylic acids is 1. The minimum absolute atomic E-state index is 0.0711. The molecule has 2 fully saturated rings. The Morgan fingerprint density at radius 3 is 2.62 bits per heavy atom. The third kappa shape index (κ3) is 3.24. The normalized spacial score (nSPS) is 27.0. The van der Waals surface area contributed by atoms with Crippen molar-refractivity contribution >= 4 is 11.9 Å². The zero-order valence-electron chi connectivity index (χ0n) is 12.6. The molecule has 1 saturated carbocycles. The number of hydrogen-bond donors (Lipinski definition) is 1. The van der Waals surface area contributed by atoms with Crippen molar-refractivity contribution in [3.8, 4) is 0 Å². The van der Waals surface area contributed by atoms with Crippen LogP contribution in [0.15, 0.2) is 24.3 Å². The minimum Gasteiger partial charge on any atom is -0.479 e. The third-order valence-electron chi connectivity index (χ3n) is 4.43. The number of carboxylic acid groups (broad SMARTS) is 1. The average molecular weight is 343 g/mol. The highest BCUT2D eigenvalue weighted by molar-refractivity contribution is 5.84. The second-order valence-electron chi connectivity index (χ2n) is 6.02. The standard InChI is InChI=1S/C16H16F3NO4/c17-16(18,19)12-4-2-1-3-9(12)10-7-11(10)14(21)20-5-6-24-13(8-20)15(22)23/h1-4,10-11,13H,5-8H2,(H,22,23)/t10-,11-,13+/m1/s1. The highest BCUT2D eigenvalue weighted by atomic mass is 19.4. The van der Waals surface area contributed by atoms with Crippen LogP contribution in [0.3, 0.4) is 0 Å². The number of amides is 1. The zero-order valence-corrected chi connectivity index (χ0v) is 12.6. The van der Waals surface area contributed by atoms with Crippen LogP contribution in [0.2, 0.25) is 0 Å². The molecule has 3 atom stereocenters. The van der Waals surface area contributed by atoms with E-state index in [1.54, 1.807) is 0 Å². The van der Waals surface area contributed by atoms with Crippen LogP contribution in [0, 0.1) is 5.92 Å². The summed E-state index contributed by atoms with van der Waals surface area (Å²) in [5.74, 6) is -2.45. The van der Waals surface area contributed by atoms with Gasteiger partial charge < -0.3 is 14.7 Å². The van der Waals surface area contributed by atoms with Crippen molar-refractivity contribution in [2.24, 2.45) is 5.92 Å². The lowest BCUT2D eigenvalue weighted by Crippen LogP contribution is -2.49. The maximum Gasteiger partial charge on any atom is 0.416 e. The molecule has 2 aliphatic rings. The molecule has 1 aromatic rings. The number of rotatable bonds is 3. The Kier molecular flexibility index (Phi) is 4.25. The van der Waals surface area contributed by atoms with Crippen LogP contribution in [0.1, 0.15) is 23.5 Å². The maximum atomic E-state index is 13.1. The second kappa shape index (κ2) is 6.08. The number of nitrogens with zero attached hydrogens (tertiary/aromatic N) is 1. The Morgan fingerprint density at radius 2 is 1.96 bits per heavy atom. The molecule has 5 nitrogen and oxygen atoms in total. The first-order valence-corrected chi connectivity index (χ1v) is 7.58. The van der Waals surface area contributed by atoms with Gasteiger partial charge in [0.1, 0.15) is 0 Å². The van der Waals surface area contributed by atoms with Crippen molar-refractivity contribution < 1.29 is 32.6 Å². The summed E-state index contributed by atoms with van der Waals surface area (Å²) < 4.78 is 44.3. The molecule has 0 aromatic heterocycles. The van der Waals surface area contributed by atoms with Crippen LogP contribution in [-0.4, -0.2) is 47.7 Å². The Balaban J connectivity index is 1.72. The summed E-state index contributed by atoms with van der Waals surface area (Å²) in [7, 11) is 0. The molecule has 3 rings (SSSR count). The maximum absolute atomic E-state index is 13.1. The van der Waals surface area contributed by atoms with Gasteiger partial charge in [0.05, 0.1) is 18.7 Å². The number of ether oxygens (including phenoxy) is 1. The number of hydrogen-bond acceptors (Lipinski definition) is 3. The van der Waals surface area contributed by atoms with Crippen LogP contribution in [0.5, 0.6) is 0 Å². The van der Waals surface area contributed by atoms with E-state index in [1.165, 1.54) is 23.1 Å². The topological polar surface area (TPSA) is 66.8 Å². The van der Waals surface area contributed by atoms with Crippen molar-refractivity contribution in [3.05, 3.63) is 35.4 Å². The molecule has 24 heavy (non-hydrogen) atoms. The zero-order chi connectivity index (χ0) is 17.5. The van der Waals surface area contributed by atoms with Gasteiger partial charge >= 0.3 is 12.1 Å². The molecule has 8 heteroatoms. The Morgan fingerprint density at radius 1 is 1.25 bits per heavy atom. The Labute approximate surface area is 136 Å². The molecule has 1 heterocycles. The lowest BCUT2D eigenvalue weighted by molar-refractivity contribution is -0.159. The van der Waals surface area contributed by atoms with Crippen LogP contribution < -0.4 is 0 Å². The second-order valence-corrected chi connectivity index (χ2v) is 6.02. The highest BCUT2D eigenvalue weighted by Crippen LogP contribution is 2.51. The van der Waals surface area contributed by atoms with Crippen molar-refractivity contribution in [1.82, 2.24) is 4.90 Å². The van der Waals surface area contributed by atoms with E-state index in [4.69, 9.17) is 9.84 Å².